The topological polar surface area (TPSA) is 18.5 Å². The molecule has 2 heterocycles. The zero-order chi connectivity index (χ0) is 12.7. The highest BCUT2D eigenvalue weighted by Crippen LogP contribution is 2.57. The van der Waals surface area contributed by atoms with E-state index in [1.807, 2.05) is 6.92 Å². The molecular weight excluding hydrogens is 327 g/mol. The SMILES string of the molecule is CC#CCO[C@@H]1C[C@]2(C(C)C)O[C@@]1(C)C[C@@H]2I. The maximum atomic E-state index is 6.38. The van der Waals surface area contributed by atoms with E-state index < -0.39 is 0 Å². The van der Waals surface area contributed by atoms with Crippen molar-refractivity contribution in [3.05, 3.63) is 0 Å². The van der Waals surface area contributed by atoms with Gasteiger partial charge in [0.25, 0.3) is 0 Å². The van der Waals surface area contributed by atoms with E-state index in [4.69, 9.17) is 9.47 Å². The molecule has 0 aromatic heterocycles. The lowest BCUT2D eigenvalue weighted by atomic mass is 9.75. The van der Waals surface area contributed by atoms with Gasteiger partial charge in [-0.2, -0.15) is 0 Å². The van der Waals surface area contributed by atoms with E-state index in [2.05, 4.69) is 55.2 Å². The monoisotopic (exact) mass is 348 g/mol. The number of halogens is 1. The Morgan fingerprint density at radius 3 is 2.71 bits per heavy atom. The number of rotatable bonds is 3. The second kappa shape index (κ2) is 4.71. The lowest BCUT2D eigenvalue weighted by molar-refractivity contribution is -0.0884. The van der Waals surface area contributed by atoms with Gasteiger partial charge in [0.1, 0.15) is 6.61 Å². The van der Waals surface area contributed by atoms with Gasteiger partial charge in [0.15, 0.2) is 0 Å². The van der Waals surface area contributed by atoms with Crippen LogP contribution in [0.25, 0.3) is 0 Å². The average molecular weight is 348 g/mol. The normalized spacial score (nSPS) is 43.9. The van der Waals surface area contributed by atoms with Crippen LogP contribution in [0.15, 0.2) is 0 Å². The molecule has 2 aliphatic rings. The third-order valence-corrected chi connectivity index (χ3v) is 5.73. The van der Waals surface area contributed by atoms with Crippen LogP contribution in [0.1, 0.15) is 40.5 Å². The zero-order valence-corrected chi connectivity index (χ0v) is 13.2. The third kappa shape index (κ3) is 2.13. The predicted molar refractivity (Wildman–Crippen MR) is 77.3 cm³/mol. The highest BCUT2D eigenvalue weighted by molar-refractivity contribution is 14.1. The van der Waals surface area contributed by atoms with E-state index >= 15 is 0 Å². The Hall–Kier alpha value is 0.210. The van der Waals surface area contributed by atoms with Gasteiger partial charge < -0.3 is 9.47 Å². The summed E-state index contributed by atoms with van der Waals surface area (Å²) in [6.45, 7) is 9.08. The number of alkyl halides is 1. The Balaban J connectivity index is 2.12. The number of hydrogen-bond donors (Lipinski definition) is 0. The van der Waals surface area contributed by atoms with Crippen LogP contribution in [-0.2, 0) is 9.47 Å². The fourth-order valence-corrected chi connectivity index (χ4v) is 5.08. The summed E-state index contributed by atoms with van der Waals surface area (Å²) in [7, 11) is 0. The second-order valence-corrected chi connectivity index (χ2v) is 7.13. The molecule has 2 bridgehead atoms. The smallest absolute Gasteiger partial charge is 0.108 e. The minimum Gasteiger partial charge on any atom is -0.365 e. The van der Waals surface area contributed by atoms with E-state index in [1.165, 1.54) is 0 Å². The minimum absolute atomic E-state index is 0.0135. The van der Waals surface area contributed by atoms with Crippen molar-refractivity contribution in [2.75, 3.05) is 6.61 Å². The summed E-state index contributed by atoms with van der Waals surface area (Å²) in [6.07, 6.45) is 2.31. The standard InChI is InChI=1S/C14H21IO2/c1-5-6-7-16-12-9-14(10(2)3)11(15)8-13(12,4)17-14/h10-12H,7-9H2,1-4H3/t11-,12+,13-,14+/m0/s1. The number of fused-ring (bicyclic) bond motifs is 2. The summed E-state index contributed by atoms with van der Waals surface area (Å²) >= 11 is 2.55. The van der Waals surface area contributed by atoms with Gasteiger partial charge in [0.2, 0.25) is 0 Å². The van der Waals surface area contributed by atoms with Crippen molar-refractivity contribution < 1.29 is 9.47 Å². The van der Waals surface area contributed by atoms with Gasteiger partial charge in [-0.25, -0.2) is 0 Å². The van der Waals surface area contributed by atoms with E-state index in [0.717, 1.165) is 12.8 Å². The Morgan fingerprint density at radius 1 is 1.47 bits per heavy atom. The van der Waals surface area contributed by atoms with Crippen LogP contribution in [0.2, 0.25) is 0 Å². The molecule has 0 N–H and O–H groups in total. The highest BCUT2D eigenvalue weighted by atomic mass is 127. The first-order chi connectivity index (χ1) is 7.94. The molecule has 2 aliphatic heterocycles. The third-order valence-electron chi connectivity index (χ3n) is 4.23. The maximum Gasteiger partial charge on any atom is 0.108 e. The van der Waals surface area contributed by atoms with Gasteiger partial charge in [-0.1, -0.05) is 42.4 Å². The van der Waals surface area contributed by atoms with Crippen molar-refractivity contribution in [1.29, 1.82) is 0 Å². The Kier molecular flexibility index (Phi) is 3.78. The van der Waals surface area contributed by atoms with Crippen molar-refractivity contribution in [3.63, 3.8) is 0 Å². The lowest BCUT2D eigenvalue weighted by Crippen LogP contribution is -2.45. The van der Waals surface area contributed by atoms with Crippen molar-refractivity contribution >= 4 is 22.6 Å². The molecule has 0 amide bonds. The van der Waals surface area contributed by atoms with Gasteiger partial charge in [0.05, 0.1) is 17.3 Å². The second-order valence-electron chi connectivity index (χ2n) is 5.63. The molecule has 0 radical (unpaired) electrons. The van der Waals surface area contributed by atoms with Crippen LogP contribution in [0.5, 0.6) is 0 Å². The van der Waals surface area contributed by atoms with Crippen LogP contribution >= 0.6 is 22.6 Å². The molecule has 2 rings (SSSR count). The average Bonchev–Trinajstić information content (AvgIpc) is 2.67. The van der Waals surface area contributed by atoms with Gasteiger partial charge in [-0.15, -0.1) is 5.92 Å². The maximum absolute atomic E-state index is 6.38. The molecule has 4 atom stereocenters. The molecule has 17 heavy (non-hydrogen) atoms. The van der Waals surface area contributed by atoms with Gasteiger partial charge >= 0.3 is 0 Å². The van der Waals surface area contributed by atoms with Crippen molar-refractivity contribution in [1.82, 2.24) is 0 Å². The van der Waals surface area contributed by atoms with Gasteiger partial charge in [-0.05, 0) is 26.2 Å². The quantitative estimate of drug-likeness (QED) is 0.443. The van der Waals surface area contributed by atoms with E-state index in [0.29, 0.717) is 16.4 Å². The largest absolute Gasteiger partial charge is 0.365 e. The molecule has 0 unspecified atom stereocenters. The summed E-state index contributed by atoms with van der Waals surface area (Å²) in [5.41, 5.74) is -0.0921. The summed E-state index contributed by atoms with van der Waals surface area (Å²) < 4.78 is 12.9. The summed E-state index contributed by atoms with van der Waals surface area (Å²) in [5.74, 6) is 6.39. The molecule has 3 heteroatoms. The van der Waals surface area contributed by atoms with Crippen LogP contribution in [0.3, 0.4) is 0 Å². The van der Waals surface area contributed by atoms with E-state index in [9.17, 15) is 0 Å². The molecule has 0 saturated carbocycles. The van der Waals surface area contributed by atoms with E-state index in [-0.39, 0.29) is 17.3 Å². The van der Waals surface area contributed by atoms with Crippen LogP contribution in [0, 0.1) is 17.8 Å². The minimum atomic E-state index is -0.106. The molecule has 2 fully saturated rings. The Bertz CT molecular complexity index is 357. The van der Waals surface area contributed by atoms with E-state index in [1.54, 1.807) is 0 Å². The Morgan fingerprint density at radius 2 is 2.18 bits per heavy atom. The zero-order valence-electron chi connectivity index (χ0n) is 11.0. The molecule has 0 aliphatic carbocycles. The summed E-state index contributed by atoms with van der Waals surface area (Å²) in [6, 6.07) is 0. The van der Waals surface area contributed by atoms with Crippen molar-refractivity contribution in [3.8, 4) is 11.8 Å². The van der Waals surface area contributed by atoms with Crippen LogP contribution in [0.4, 0.5) is 0 Å². The summed E-state index contributed by atoms with van der Waals surface area (Å²) in [4.78, 5) is 0. The highest BCUT2D eigenvalue weighted by Gasteiger charge is 2.65. The van der Waals surface area contributed by atoms with Crippen LogP contribution in [-0.4, -0.2) is 27.8 Å². The van der Waals surface area contributed by atoms with Gasteiger partial charge in [0, 0.05) is 10.3 Å². The molecule has 2 nitrogen and oxygen atoms in total. The molecule has 0 spiro atoms. The molecular formula is C14H21IO2. The summed E-state index contributed by atoms with van der Waals surface area (Å²) in [5, 5.41) is 0. The van der Waals surface area contributed by atoms with Crippen molar-refractivity contribution in [2.24, 2.45) is 5.92 Å². The fraction of sp³-hybridized carbons (Fsp3) is 0.857. The van der Waals surface area contributed by atoms with Crippen LogP contribution < -0.4 is 0 Å². The predicted octanol–water partition coefficient (Wildman–Crippen LogP) is 3.18. The number of ether oxygens (including phenoxy) is 2. The first kappa shape index (κ1) is 13.6. The molecule has 2 saturated heterocycles. The molecule has 96 valence electrons. The lowest BCUT2D eigenvalue weighted by Gasteiger charge is -2.35. The molecule has 0 aromatic rings. The fourth-order valence-electron chi connectivity index (χ4n) is 3.11. The van der Waals surface area contributed by atoms with Crippen molar-refractivity contribution in [2.45, 2.75) is 61.8 Å². The Labute approximate surface area is 118 Å². The first-order valence-corrected chi connectivity index (χ1v) is 7.54. The number of hydrogen-bond acceptors (Lipinski definition) is 2. The molecule has 0 aromatic carbocycles. The first-order valence-electron chi connectivity index (χ1n) is 6.30. The van der Waals surface area contributed by atoms with Gasteiger partial charge in [-0.3, -0.25) is 0 Å².